The van der Waals surface area contributed by atoms with Crippen LogP contribution in [0.2, 0.25) is 0 Å². The van der Waals surface area contributed by atoms with Gasteiger partial charge in [-0.25, -0.2) is 0 Å². The van der Waals surface area contributed by atoms with Gasteiger partial charge in [-0.1, -0.05) is 13.2 Å². The fourth-order valence-electron chi connectivity index (χ4n) is 0.870. The third kappa shape index (κ3) is 16.7. The highest BCUT2D eigenvalue weighted by atomic mass is 32.2. The highest BCUT2D eigenvalue weighted by Gasteiger charge is 2.10. The summed E-state index contributed by atoms with van der Waals surface area (Å²) < 4.78 is 57.0. The largest absolute Gasteiger partial charge is 0.295 e. The quantitative estimate of drug-likeness (QED) is 0.480. The molecule has 0 rings (SSSR count). The Labute approximate surface area is 130 Å². The molecule has 0 fully saturated rings. The van der Waals surface area contributed by atoms with Crippen LogP contribution in [0.5, 0.6) is 0 Å². The molecule has 0 aromatic carbocycles. The third-order valence-electron chi connectivity index (χ3n) is 2.13. The fraction of sp³-hybridized carbons (Fsp3) is 0.500. The molecule has 0 saturated carbocycles. The van der Waals surface area contributed by atoms with Crippen LogP contribution in [0.15, 0.2) is 24.3 Å². The Hall–Kier alpha value is -1.36. The van der Waals surface area contributed by atoms with E-state index in [2.05, 4.69) is 13.2 Å². The lowest BCUT2D eigenvalue weighted by Gasteiger charge is -1.95. The number of rotatable bonds is 8. The van der Waals surface area contributed by atoms with Crippen molar-refractivity contribution in [1.29, 1.82) is 0 Å². The zero-order valence-corrected chi connectivity index (χ0v) is 14.0. The van der Waals surface area contributed by atoms with Crippen LogP contribution < -0.4 is 0 Å². The minimum atomic E-state index is -4.01. The van der Waals surface area contributed by atoms with E-state index in [0.29, 0.717) is 11.1 Å². The predicted octanol–water partition coefficient (Wildman–Crippen LogP) is 0.819. The molecule has 0 bridgehead atoms. The molecule has 0 aliphatic carbocycles. The topological polar surface area (TPSA) is 143 Å². The molecule has 0 unspecified atom stereocenters. The Morgan fingerprint density at radius 3 is 1.14 bits per heavy atom. The monoisotopic (exact) mass is 356 g/mol. The molecule has 0 saturated heterocycles. The Bertz CT molecular complexity index is 583. The molecule has 0 spiro atoms. The standard InChI is InChI=1S/2C6H10O4S/c2*1-5(2)6(7)3-4-11(8,9)10/h2*1,3-4H2,2H3,(H,8,9,10). The summed E-state index contributed by atoms with van der Waals surface area (Å²) in [5.41, 5.74) is 0.599. The maximum atomic E-state index is 10.7. The Kier molecular flexibility index (Phi) is 10.0. The Morgan fingerprint density at radius 1 is 0.773 bits per heavy atom. The van der Waals surface area contributed by atoms with Gasteiger partial charge in [0.1, 0.15) is 0 Å². The smallest absolute Gasteiger partial charge is 0.265 e. The highest BCUT2D eigenvalue weighted by Crippen LogP contribution is 1.98. The van der Waals surface area contributed by atoms with Gasteiger partial charge in [-0.3, -0.25) is 18.7 Å². The molecule has 22 heavy (non-hydrogen) atoms. The first kappa shape index (κ1) is 22.9. The van der Waals surface area contributed by atoms with Crippen molar-refractivity contribution >= 4 is 31.8 Å². The van der Waals surface area contributed by atoms with E-state index < -0.39 is 31.7 Å². The molecule has 0 aliphatic heterocycles. The van der Waals surface area contributed by atoms with E-state index in [-0.39, 0.29) is 24.4 Å². The molecule has 0 heterocycles. The molecule has 0 aromatic rings. The van der Waals surface area contributed by atoms with E-state index in [0.717, 1.165) is 0 Å². The van der Waals surface area contributed by atoms with Crippen LogP contribution in [0.4, 0.5) is 0 Å². The molecule has 0 amide bonds. The van der Waals surface area contributed by atoms with Gasteiger partial charge in [0.15, 0.2) is 11.6 Å². The minimum absolute atomic E-state index is 0.200. The van der Waals surface area contributed by atoms with Crippen LogP contribution in [-0.2, 0) is 29.8 Å². The zero-order chi connectivity index (χ0) is 18.1. The van der Waals surface area contributed by atoms with Crippen molar-refractivity contribution in [3.63, 3.8) is 0 Å². The second-order valence-electron chi connectivity index (χ2n) is 4.48. The van der Waals surface area contributed by atoms with Crippen molar-refractivity contribution in [2.24, 2.45) is 0 Å². The van der Waals surface area contributed by atoms with Gasteiger partial charge in [0.2, 0.25) is 0 Å². The van der Waals surface area contributed by atoms with Crippen LogP contribution in [-0.4, -0.2) is 49.0 Å². The summed E-state index contributed by atoms with van der Waals surface area (Å²) in [6, 6.07) is 0. The molecule has 10 heteroatoms. The minimum Gasteiger partial charge on any atom is -0.295 e. The van der Waals surface area contributed by atoms with Crippen molar-refractivity contribution in [3.05, 3.63) is 24.3 Å². The second-order valence-corrected chi connectivity index (χ2v) is 7.62. The number of carbonyl (C=O) groups excluding carboxylic acids is 2. The van der Waals surface area contributed by atoms with Crippen LogP contribution in [0, 0.1) is 0 Å². The molecule has 0 aliphatic rings. The molecule has 0 atom stereocenters. The number of ketones is 2. The van der Waals surface area contributed by atoms with Crippen LogP contribution >= 0.6 is 0 Å². The summed E-state index contributed by atoms with van der Waals surface area (Å²) in [5.74, 6) is -1.75. The van der Waals surface area contributed by atoms with Gasteiger partial charge in [0, 0.05) is 12.8 Å². The molecular weight excluding hydrogens is 336 g/mol. The van der Waals surface area contributed by atoms with Gasteiger partial charge in [-0.05, 0) is 25.0 Å². The van der Waals surface area contributed by atoms with E-state index >= 15 is 0 Å². The van der Waals surface area contributed by atoms with Gasteiger partial charge in [0.25, 0.3) is 20.2 Å². The molecule has 0 aromatic heterocycles. The van der Waals surface area contributed by atoms with Crippen molar-refractivity contribution < 1.29 is 35.5 Å². The average molecular weight is 356 g/mol. The van der Waals surface area contributed by atoms with Gasteiger partial charge >= 0.3 is 0 Å². The molecule has 2 N–H and O–H groups in total. The predicted molar refractivity (Wildman–Crippen MR) is 81.7 cm³/mol. The first-order valence-electron chi connectivity index (χ1n) is 5.93. The summed E-state index contributed by atoms with van der Waals surface area (Å²) in [4.78, 5) is 21.4. The summed E-state index contributed by atoms with van der Waals surface area (Å²) in [6.07, 6.45) is -0.400. The number of allylic oxidation sites excluding steroid dienone is 2. The SMILES string of the molecule is C=C(C)C(=O)CCS(=O)(=O)O.C=C(C)C(=O)CCS(=O)(=O)O. The Morgan fingerprint density at radius 2 is 1.00 bits per heavy atom. The fourth-order valence-corrected chi connectivity index (χ4v) is 1.76. The lowest BCUT2D eigenvalue weighted by Crippen LogP contribution is -2.09. The van der Waals surface area contributed by atoms with Crippen LogP contribution in [0.3, 0.4) is 0 Å². The summed E-state index contributed by atoms with van der Waals surface area (Å²) in [5, 5.41) is 0. The normalized spacial score (nSPS) is 11.1. The molecular formula is C12H20O8S2. The molecule has 8 nitrogen and oxygen atoms in total. The van der Waals surface area contributed by atoms with Gasteiger partial charge in [-0.15, -0.1) is 0 Å². The van der Waals surface area contributed by atoms with Crippen molar-refractivity contribution in [2.45, 2.75) is 26.7 Å². The number of hydrogen-bond donors (Lipinski definition) is 2. The van der Waals surface area contributed by atoms with Crippen LogP contribution in [0.25, 0.3) is 0 Å². The summed E-state index contributed by atoms with van der Waals surface area (Å²) >= 11 is 0. The first-order chi connectivity index (χ1) is 9.65. The third-order valence-corrected chi connectivity index (χ3v) is 3.57. The van der Waals surface area contributed by atoms with Gasteiger partial charge < -0.3 is 0 Å². The average Bonchev–Trinajstić information content (AvgIpc) is 2.31. The first-order valence-corrected chi connectivity index (χ1v) is 9.15. The highest BCUT2D eigenvalue weighted by molar-refractivity contribution is 7.86. The lowest BCUT2D eigenvalue weighted by atomic mass is 10.2. The van der Waals surface area contributed by atoms with Crippen molar-refractivity contribution in [2.75, 3.05) is 11.5 Å². The van der Waals surface area contributed by atoms with Crippen molar-refractivity contribution in [3.8, 4) is 0 Å². The lowest BCUT2D eigenvalue weighted by molar-refractivity contribution is -0.115. The van der Waals surface area contributed by atoms with E-state index in [1.165, 1.54) is 13.8 Å². The second kappa shape index (κ2) is 9.62. The van der Waals surface area contributed by atoms with E-state index in [1.54, 1.807) is 0 Å². The summed E-state index contributed by atoms with van der Waals surface area (Å²) in [7, 11) is -8.03. The Balaban J connectivity index is 0. The van der Waals surface area contributed by atoms with E-state index in [4.69, 9.17) is 9.11 Å². The molecule has 128 valence electrons. The van der Waals surface area contributed by atoms with E-state index in [9.17, 15) is 26.4 Å². The van der Waals surface area contributed by atoms with Crippen molar-refractivity contribution in [1.82, 2.24) is 0 Å². The maximum Gasteiger partial charge on any atom is 0.265 e. The number of carbonyl (C=O) groups is 2. The van der Waals surface area contributed by atoms with Gasteiger partial charge in [-0.2, -0.15) is 16.8 Å². The maximum absolute atomic E-state index is 10.7. The number of hydrogen-bond acceptors (Lipinski definition) is 6. The summed E-state index contributed by atoms with van der Waals surface area (Å²) in [6.45, 7) is 9.64. The van der Waals surface area contributed by atoms with Gasteiger partial charge in [0.05, 0.1) is 11.5 Å². The van der Waals surface area contributed by atoms with Crippen LogP contribution in [0.1, 0.15) is 26.7 Å². The van der Waals surface area contributed by atoms with E-state index in [1.807, 2.05) is 0 Å². The zero-order valence-electron chi connectivity index (χ0n) is 12.4. The number of Topliss-reactive ketones (excluding diaryl/α,β-unsaturated/α-hetero) is 2. The molecule has 0 radical (unpaired) electrons.